The molecule has 8 bridgehead atoms. The van der Waals surface area contributed by atoms with Crippen LogP contribution in [0.15, 0.2) is 18.2 Å². The van der Waals surface area contributed by atoms with Gasteiger partial charge in [0.2, 0.25) is 0 Å². The lowest BCUT2D eigenvalue weighted by molar-refractivity contribution is -0.137. The molecule has 5 heterocycles. The highest BCUT2D eigenvalue weighted by Gasteiger charge is 2.32. The van der Waals surface area contributed by atoms with Gasteiger partial charge in [-0.3, -0.25) is 9.78 Å². The first-order chi connectivity index (χ1) is 22.5. The van der Waals surface area contributed by atoms with E-state index >= 15 is 0 Å². The number of carboxylic acids is 2. The van der Waals surface area contributed by atoms with E-state index in [9.17, 15) is 19.8 Å². The number of allylic oxidation sites excluding steroid dienone is 2. The van der Waals surface area contributed by atoms with Crippen molar-refractivity contribution in [3.05, 3.63) is 68.8 Å². The maximum absolute atomic E-state index is 12.7. The number of aromatic nitrogens is 4. The number of hydrogen-bond acceptors (Lipinski definition) is 5. The minimum absolute atomic E-state index is 0.00385. The van der Waals surface area contributed by atoms with Crippen molar-refractivity contribution in [2.75, 3.05) is 13.2 Å². The normalized spacial score (nSPS) is 16.2. The number of hydrogen-bond donors (Lipinski definition) is 4. The van der Waals surface area contributed by atoms with E-state index in [4.69, 9.17) is 14.7 Å². The van der Waals surface area contributed by atoms with E-state index in [1.807, 2.05) is 19.9 Å². The third-order valence-corrected chi connectivity index (χ3v) is 10.0. The second kappa shape index (κ2) is 14.3. The Hall–Kier alpha value is -4.24. The van der Waals surface area contributed by atoms with Crippen LogP contribution in [0.4, 0.5) is 0 Å². The van der Waals surface area contributed by atoms with Crippen LogP contribution in [0.25, 0.3) is 33.2 Å². The Morgan fingerprint density at radius 2 is 1.60 bits per heavy atom. The number of ether oxygens (including phenoxy) is 1. The van der Waals surface area contributed by atoms with Gasteiger partial charge in [-0.15, -0.1) is 0 Å². The number of rotatable bonds is 12. The third-order valence-electron chi connectivity index (χ3n) is 10.0. The van der Waals surface area contributed by atoms with Gasteiger partial charge in [0.05, 0.1) is 29.1 Å². The van der Waals surface area contributed by atoms with E-state index in [1.165, 1.54) is 5.56 Å². The van der Waals surface area contributed by atoms with Crippen LogP contribution in [0.1, 0.15) is 133 Å². The summed E-state index contributed by atoms with van der Waals surface area (Å²) in [6, 6.07) is 6.15. The summed E-state index contributed by atoms with van der Waals surface area (Å²) in [6.07, 6.45) is 5.30. The summed E-state index contributed by atoms with van der Waals surface area (Å²) in [5.41, 5.74) is 12.4. The van der Waals surface area contributed by atoms with Crippen LogP contribution < -0.4 is 0 Å². The monoisotopic (exact) mass is 640 g/mol. The van der Waals surface area contributed by atoms with Crippen molar-refractivity contribution in [1.82, 2.24) is 19.9 Å². The third kappa shape index (κ3) is 6.77. The average molecular weight is 641 g/mol. The highest BCUT2D eigenvalue weighted by atomic mass is 16.5. The molecule has 0 amide bonds. The number of fused-ring (bicyclic) bond motifs is 8. The molecule has 3 aromatic rings. The minimum Gasteiger partial charge on any atom is -0.481 e. The summed E-state index contributed by atoms with van der Waals surface area (Å²) in [5, 5.41) is 19.9. The molecule has 5 rings (SSSR count). The summed E-state index contributed by atoms with van der Waals surface area (Å²) in [6.45, 7) is 15.7. The summed E-state index contributed by atoms with van der Waals surface area (Å²) < 4.78 is 6.03. The number of carboxylic acid groups (broad SMARTS) is 2. The highest BCUT2D eigenvalue weighted by molar-refractivity contribution is 6.02. The minimum atomic E-state index is -1.03. The second-order valence-corrected chi connectivity index (χ2v) is 13.0. The molecule has 0 saturated heterocycles. The largest absolute Gasteiger partial charge is 0.481 e. The molecule has 0 unspecified atom stereocenters. The summed E-state index contributed by atoms with van der Waals surface area (Å²) in [7, 11) is 0. The SMILES string of the molecule is CCCCCOCCc1c(C)c2cc3nc(c(C)c4[nH]c(cc5nc(cc1[nH]2)C(C)=C5CC)c(C)c4C(=O)O)[C@@H](CCC(=O)O)[C@@H]3C. The fraction of sp³-hybridized carbons (Fsp3) is 0.474. The van der Waals surface area contributed by atoms with Gasteiger partial charge in [-0.25, -0.2) is 9.78 Å². The fourth-order valence-electron chi connectivity index (χ4n) is 7.15. The zero-order chi connectivity index (χ0) is 34.0. The molecule has 0 saturated carbocycles. The van der Waals surface area contributed by atoms with E-state index in [0.29, 0.717) is 35.2 Å². The maximum atomic E-state index is 12.7. The summed E-state index contributed by atoms with van der Waals surface area (Å²) in [4.78, 5) is 41.6. The molecule has 2 aliphatic rings. The Morgan fingerprint density at radius 3 is 2.28 bits per heavy atom. The first-order valence-corrected chi connectivity index (χ1v) is 16.9. The topological polar surface area (TPSA) is 141 Å². The van der Waals surface area contributed by atoms with Gasteiger partial charge in [0.25, 0.3) is 0 Å². The van der Waals surface area contributed by atoms with Gasteiger partial charge in [-0.2, -0.15) is 0 Å². The standard InChI is InChI=1S/C38H48N4O5/c1-8-10-11-15-47-16-14-26-21(4)28-17-30-22(5)27(12-13-34(43)44)36(41-30)24(7)37-35(38(45)46)23(6)31(42-37)19-32-25(9-2)20(3)29(39-32)18-33(26)40-28/h17-19,22,27,40,42H,8-16H2,1-7H3,(H,43,44)(H,45,46)/t22-,27-/m0/s1. The van der Waals surface area contributed by atoms with Crippen LogP contribution in [-0.2, 0) is 16.0 Å². The van der Waals surface area contributed by atoms with E-state index in [0.717, 1.165) is 89.2 Å². The number of aromatic carboxylic acids is 1. The molecule has 250 valence electrons. The molecule has 2 atom stereocenters. The molecule has 3 aromatic heterocycles. The number of nitrogens with zero attached hydrogens (tertiary/aromatic N) is 2. The van der Waals surface area contributed by atoms with Gasteiger partial charge in [-0.1, -0.05) is 33.6 Å². The predicted molar refractivity (Wildman–Crippen MR) is 187 cm³/mol. The van der Waals surface area contributed by atoms with E-state index in [1.54, 1.807) is 0 Å². The summed E-state index contributed by atoms with van der Waals surface area (Å²) >= 11 is 0. The Bertz CT molecular complexity index is 1900. The van der Waals surface area contributed by atoms with Crippen molar-refractivity contribution in [2.24, 2.45) is 0 Å². The molecule has 4 N–H and O–H groups in total. The zero-order valence-corrected chi connectivity index (χ0v) is 28.8. The molecule has 0 aromatic carbocycles. The number of aromatic amines is 2. The number of carbonyl (C=O) groups is 2. The Balaban J connectivity index is 1.84. The van der Waals surface area contributed by atoms with E-state index in [2.05, 4.69) is 56.7 Å². The zero-order valence-electron chi connectivity index (χ0n) is 28.8. The van der Waals surface area contributed by atoms with Gasteiger partial charge in [-0.05, 0) is 105 Å². The number of H-pyrrole nitrogens is 2. The highest BCUT2D eigenvalue weighted by Crippen LogP contribution is 2.42. The number of nitrogens with one attached hydrogen (secondary N) is 2. The first kappa shape index (κ1) is 34.1. The van der Waals surface area contributed by atoms with Crippen LogP contribution in [0.3, 0.4) is 0 Å². The first-order valence-electron chi connectivity index (χ1n) is 16.9. The number of unbranched alkanes of at least 4 members (excludes halogenated alkanes) is 2. The molecule has 9 heteroatoms. The number of aliphatic carboxylic acids is 1. The molecule has 0 fully saturated rings. The Labute approximate surface area is 276 Å². The number of aryl methyl sites for hydroxylation is 3. The predicted octanol–water partition coefficient (Wildman–Crippen LogP) is 8.78. The Kier molecular flexibility index (Phi) is 10.3. The molecule has 2 aliphatic heterocycles. The molecular weight excluding hydrogens is 592 g/mol. The van der Waals surface area contributed by atoms with Crippen molar-refractivity contribution >= 4 is 45.2 Å². The van der Waals surface area contributed by atoms with Crippen LogP contribution in [0.5, 0.6) is 0 Å². The van der Waals surface area contributed by atoms with Crippen LogP contribution in [0.2, 0.25) is 0 Å². The van der Waals surface area contributed by atoms with Crippen molar-refractivity contribution in [2.45, 2.75) is 105 Å². The van der Waals surface area contributed by atoms with Gasteiger partial charge < -0.3 is 24.9 Å². The van der Waals surface area contributed by atoms with Crippen molar-refractivity contribution < 1.29 is 24.5 Å². The lowest BCUT2D eigenvalue weighted by atomic mass is 9.86. The smallest absolute Gasteiger partial charge is 0.338 e. The van der Waals surface area contributed by atoms with E-state index in [-0.39, 0.29) is 23.8 Å². The van der Waals surface area contributed by atoms with Crippen molar-refractivity contribution in [3.63, 3.8) is 0 Å². The molecule has 9 nitrogen and oxygen atoms in total. The van der Waals surface area contributed by atoms with Crippen LogP contribution in [0, 0.1) is 20.8 Å². The van der Waals surface area contributed by atoms with E-state index < -0.39 is 11.9 Å². The summed E-state index contributed by atoms with van der Waals surface area (Å²) in [5.74, 6) is -2.15. The lowest BCUT2D eigenvalue weighted by Crippen LogP contribution is -2.07. The average Bonchev–Trinajstić information content (AvgIpc) is 3.71. The molecular formula is C38H48N4O5. The molecule has 0 radical (unpaired) electrons. The molecule has 47 heavy (non-hydrogen) atoms. The van der Waals surface area contributed by atoms with Crippen molar-refractivity contribution in [1.29, 1.82) is 0 Å². The molecule has 0 spiro atoms. The van der Waals surface area contributed by atoms with Gasteiger partial charge in [0.15, 0.2) is 0 Å². The quantitative estimate of drug-likeness (QED) is 0.145. The maximum Gasteiger partial charge on any atom is 0.338 e. The van der Waals surface area contributed by atoms with Crippen LogP contribution in [-0.4, -0.2) is 55.3 Å². The Morgan fingerprint density at radius 1 is 0.872 bits per heavy atom. The van der Waals surface area contributed by atoms with Crippen molar-refractivity contribution in [3.8, 4) is 0 Å². The molecule has 0 aliphatic carbocycles. The lowest BCUT2D eigenvalue weighted by Gasteiger charge is -2.16. The second-order valence-electron chi connectivity index (χ2n) is 13.0. The van der Waals surface area contributed by atoms with Gasteiger partial charge in [0.1, 0.15) is 0 Å². The van der Waals surface area contributed by atoms with Gasteiger partial charge in [0, 0.05) is 52.8 Å². The van der Waals surface area contributed by atoms with Crippen LogP contribution >= 0.6 is 0 Å². The fourth-order valence-corrected chi connectivity index (χ4v) is 7.15. The van der Waals surface area contributed by atoms with Gasteiger partial charge >= 0.3 is 11.9 Å².